The minimum atomic E-state index is -4.92. The zero-order valence-electron chi connectivity index (χ0n) is 8.56. The largest absolute Gasteiger partial charge is 0.481 e. The maximum Gasteiger partial charge on any atom is 0.396 e. The van der Waals surface area contributed by atoms with E-state index in [0.717, 1.165) is 0 Å². The Morgan fingerprint density at radius 3 is 2.22 bits per heavy atom. The van der Waals surface area contributed by atoms with E-state index in [0.29, 0.717) is 6.07 Å². The highest BCUT2D eigenvalue weighted by molar-refractivity contribution is 6.31. The second-order valence-electron chi connectivity index (χ2n) is 3.48. The number of halogens is 6. The first kappa shape index (κ1) is 14.7. The Bertz CT molecular complexity index is 472. The second-order valence-corrected chi connectivity index (χ2v) is 3.89. The monoisotopic (exact) mass is 288 g/mol. The topological polar surface area (TPSA) is 37.3 Å². The fourth-order valence-corrected chi connectivity index (χ4v) is 1.66. The molecule has 0 aromatic heterocycles. The van der Waals surface area contributed by atoms with Crippen LogP contribution in [0, 0.1) is 11.6 Å². The molecule has 8 heteroatoms. The van der Waals surface area contributed by atoms with Crippen molar-refractivity contribution in [3.8, 4) is 0 Å². The molecule has 0 spiro atoms. The lowest BCUT2D eigenvalue weighted by molar-refractivity contribution is -0.163. The van der Waals surface area contributed by atoms with Gasteiger partial charge in [-0.2, -0.15) is 13.2 Å². The van der Waals surface area contributed by atoms with Gasteiger partial charge in [0, 0.05) is 5.02 Å². The third kappa shape index (κ3) is 3.32. The van der Waals surface area contributed by atoms with E-state index >= 15 is 0 Å². The lowest BCUT2D eigenvalue weighted by atomic mass is 9.95. The van der Waals surface area contributed by atoms with Gasteiger partial charge in [0.1, 0.15) is 0 Å². The molecular formula is C10H6ClF5O2. The van der Waals surface area contributed by atoms with Gasteiger partial charge in [-0.1, -0.05) is 11.6 Å². The van der Waals surface area contributed by atoms with Gasteiger partial charge in [0.15, 0.2) is 11.6 Å². The van der Waals surface area contributed by atoms with E-state index in [4.69, 9.17) is 16.7 Å². The lowest BCUT2D eigenvalue weighted by Gasteiger charge is -2.20. The standard InChI is InChI=1S/C10H6ClF5O2/c11-6-3-8(13)7(12)1-4(6)5(2-9(17)18)10(14,15)16/h1,3,5H,2H2,(H,17,18). The number of alkyl halides is 3. The van der Waals surface area contributed by atoms with Gasteiger partial charge in [-0.3, -0.25) is 4.79 Å². The molecule has 1 rings (SSSR count). The fourth-order valence-electron chi connectivity index (χ4n) is 1.38. The zero-order chi connectivity index (χ0) is 14.1. The molecule has 0 saturated heterocycles. The molecule has 1 atom stereocenters. The molecule has 1 unspecified atom stereocenters. The Labute approximate surface area is 103 Å². The first-order valence-electron chi connectivity index (χ1n) is 4.56. The summed E-state index contributed by atoms with van der Waals surface area (Å²) in [6.45, 7) is 0. The molecule has 0 aliphatic heterocycles. The molecule has 1 aromatic rings. The molecule has 0 saturated carbocycles. The molecule has 1 aromatic carbocycles. The molecule has 1 N–H and O–H groups in total. The number of carboxylic acids is 1. The quantitative estimate of drug-likeness (QED) is 0.679. The van der Waals surface area contributed by atoms with Gasteiger partial charge >= 0.3 is 12.1 Å². The molecule has 0 bridgehead atoms. The third-order valence-electron chi connectivity index (χ3n) is 2.19. The van der Waals surface area contributed by atoms with E-state index < -0.39 is 46.7 Å². The van der Waals surface area contributed by atoms with Crippen LogP contribution in [0.15, 0.2) is 12.1 Å². The normalized spacial score (nSPS) is 13.4. The number of hydrogen-bond acceptors (Lipinski definition) is 1. The van der Waals surface area contributed by atoms with Crippen molar-refractivity contribution in [3.05, 3.63) is 34.4 Å². The average Bonchev–Trinajstić information content (AvgIpc) is 2.18. The van der Waals surface area contributed by atoms with Crippen LogP contribution in [0.4, 0.5) is 22.0 Å². The first-order valence-corrected chi connectivity index (χ1v) is 4.93. The number of aliphatic carboxylic acids is 1. The molecule has 18 heavy (non-hydrogen) atoms. The Morgan fingerprint density at radius 2 is 1.78 bits per heavy atom. The smallest absolute Gasteiger partial charge is 0.396 e. The van der Waals surface area contributed by atoms with Crippen molar-refractivity contribution in [2.75, 3.05) is 0 Å². The number of carbonyl (C=O) groups is 1. The van der Waals surface area contributed by atoms with Crippen molar-refractivity contribution in [2.24, 2.45) is 0 Å². The Hall–Kier alpha value is -1.37. The first-order chi connectivity index (χ1) is 8.12. The molecule has 0 heterocycles. The molecular weight excluding hydrogens is 283 g/mol. The van der Waals surface area contributed by atoms with Gasteiger partial charge in [0.2, 0.25) is 0 Å². The highest BCUT2D eigenvalue weighted by Gasteiger charge is 2.43. The van der Waals surface area contributed by atoms with E-state index in [-0.39, 0.29) is 6.07 Å². The summed E-state index contributed by atoms with van der Waals surface area (Å²) in [7, 11) is 0. The molecule has 0 fully saturated rings. The van der Waals surface area contributed by atoms with Gasteiger partial charge in [-0.25, -0.2) is 8.78 Å². The van der Waals surface area contributed by atoms with E-state index in [1.807, 2.05) is 0 Å². The van der Waals surface area contributed by atoms with Crippen LogP contribution in [-0.2, 0) is 4.79 Å². The number of rotatable bonds is 3. The summed E-state index contributed by atoms with van der Waals surface area (Å²) in [4.78, 5) is 10.4. The van der Waals surface area contributed by atoms with E-state index in [1.54, 1.807) is 0 Å². The Balaban J connectivity index is 3.29. The number of carboxylic acid groups (broad SMARTS) is 1. The van der Waals surface area contributed by atoms with Crippen molar-refractivity contribution in [2.45, 2.75) is 18.5 Å². The molecule has 100 valence electrons. The number of hydrogen-bond donors (Lipinski definition) is 1. The van der Waals surface area contributed by atoms with Gasteiger partial charge in [0.05, 0.1) is 12.3 Å². The summed E-state index contributed by atoms with van der Waals surface area (Å²) in [5.41, 5.74) is -0.800. The van der Waals surface area contributed by atoms with E-state index in [1.165, 1.54) is 0 Å². The van der Waals surface area contributed by atoms with Crippen LogP contribution in [0.2, 0.25) is 5.02 Å². The van der Waals surface area contributed by atoms with E-state index in [9.17, 15) is 26.7 Å². The van der Waals surface area contributed by atoms with E-state index in [2.05, 4.69) is 0 Å². The predicted molar refractivity (Wildman–Crippen MR) is 52.4 cm³/mol. The number of benzene rings is 1. The molecule has 0 aliphatic carbocycles. The minimum Gasteiger partial charge on any atom is -0.481 e. The van der Waals surface area contributed by atoms with Crippen molar-refractivity contribution in [3.63, 3.8) is 0 Å². The van der Waals surface area contributed by atoms with Crippen LogP contribution in [-0.4, -0.2) is 17.3 Å². The zero-order valence-corrected chi connectivity index (χ0v) is 9.32. The average molecular weight is 289 g/mol. The summed E-state index contributed by atoms with van der Waals surface area (Å²) >= 11 is 5.39. The predicted octanol–water partition coefficient (Wildman–Crippen LogP) is 3.74. The maximum absolute atomic E-state index is 12.9. The Kier molecular flexibility index (Phi) is 4.16. The second kappa shape index (κ2) is 5.09. The highest BCUT2D eigenvalue weighted by atomic mass is 35.5. The summed E-state index contributed by atoms with van der Waals surface area (Å²) in [6, 6.07) is 0.644. The van der Waals surface area contributed by atoms with Crippen LogP contribution in [0.5, 0.6) is 0 Å². The third-order valence-corrected chi connectivity index (χ3v) is 2.52. The lowest BCUT2D eigenvalue weighted by Crippen LogP contribution is -2.24. The molecule has 0 radical (unpaired) electrons. The molecule has 0 aliphatic rings. The van der Waals surface area contributed by atoms with Gasteiger partial charge < -0.3 is 5.11 Å². The summed E-state index contributed by atoms with van der Waals surface area (Å²) in [6.07, 6.45) is -6.24. The van der Waals surface area contributed by atoms with Crippen molar-refractivity contribution >= 4 is 17.6 Å². The fraction of sp³-hybridized carbons (Fsp3) is 0.300. The SMILES string of the molecule is O=C(O)CC(c1cc(F)c(F)cc1Cl)C(F)(F)F. The minimum absolute atomic E-state index is 0.263. The summed E-state index contributed by atoms with van der Waals surface area (Å²) in [5, 5.41) is 7.74. The maximum atomic E-state index is 12.9. The van der Waals surface area contributed by atoms with Crippen LogP contribution in [0.1, 0.15) is 17.9 Å². The van der Waals surface area contributed by atoms with Crippen LogP contribution < -0.4 is 0 Å². The van der Waals surface area contributed by atoms with Crippen LogP contribution >= 0.6 is 11.6 Å². The van der Waals surface area contributed by atoms with Crippen molar-refractivity contribution < 1.29 is 31.9 Å². The van der Waals surface area contributed by atoms with Crippen molar-refractivity contribution in [1.82, 2.24) is 0 Å². The highest BCUT2D eigenvalue weighted by Crippen LogP contribution is 2.40. The van der Waals surface area contributed by atoms with Gasteiger partial charge in [-0.05, 0) is 17.7 Å². The van der Waals surface area contributed by atoms with Gasteiger partial charge in [0.25, 0.3) is 0 Å². The van der Waals surface area contributed by atoms with Crippen molar-refractivity contribution in [1.29, 1.82) is 0 Å². The summed E-state index contributed by atoms with van der Waals surface area (Å²) < 4.78 is 63.5. The molecule has 2 nitrogen and oxygen atoms in total. The van der Waals surface area contributed by atoms with Crippen LogP contribution in [0.3, 0.4) is 0 Å². The Morgan fingerprint density at radius 1 is 1.28 bits per heavy atom. The summed E-state index contributed by atoms with van der Waals surface area (Å²) in [5.74, 6) is -7.13. The molecule has 0 amide bonds. The van der Waals surface area contributed by atoms with Gasteiger partial charge in [-0.15, -0.1) is 0 Å². The van der Waals surface area contributed by atoms with Crippen LogP contribution in [0.25, 0.3) is 0 Å².